The number of aromatic amines is 1. The number of piperazine rings is 1. The van der Waals surface area contributed by atoms with Crippen LogP contribution in [0.2, 0.25) is 0 Å². The van der Waals surface area contributed by atoms with Crippen molar-refractivity contribution in [3.05, 3.63) is 95.5 Å². The maximum absolute atomic E-state index is 16.6. The molecule has 326 valence electrons. The molecule has 2 aromatic heterocycles. The Morgan fingerprint density at radius 1 is 0.919 bits per heavy atom. The summed E-state index contributed by atoms with van der Waals surface area (Å²) in [5.74, 6) is -3.46. The summed E-state index contributed by atoms with van der Waals surface area (Å²) >= 11 is 0. The van der Waals surface area contributed by atoms with E-state index < -0.39 is 47.4 Å². The van der Waals surface area contributed by atoms with Crippen LogP contribution in [0.4, 0.5) is 34.6 Å². The maximum atomic E-state index is 16.6. The van der Waals surface area contributed by atoms with Gasteiger partial charge in [-0.15, -0.1) is 0 Å². The number of fused-ring (bicyclic) bond motifs is 1. The van der Waals surface area contributed by atoms with Crippen molar-refractivity contribution in [2.45, 2.75) is 44.5 Å². The third-order valence-corrected chi connectivity index (χ3v) is 11.7. The summed E-state index contributed by atoms with van der Waals surface area (Å²) in [7, 11) is 4.52. The van der Waals surface area contributed by atoms with Crippen LogP contribution in [0.25, 0.3) is 27.6 Å². The predicted molar refractivity (Wildman–Crippen MR) is 226 cm³/mol. The van der Waals surface area contributed by atoms with Crippen molar-refractivity contribution in [1.29, 1.82) is 0 Å². The van der Waals surface area contributed by atoms with E-state index in [1.165, 1.54) is 36.3 Å². The van der Waals surface area contributed by atoms with Crippen LogP contribution in [0.1, 0.15) is 41.7 Å². The van der Waals surface area contributed by atoms with Crippen LogP contribution in [-0.2, 0) is 16.1 Å². The van der Waals surface area contributed by atoms with Crippen molar-refractivity contribution >= 4 is 51.3 Å². The van der Waals surface area contributed by atoms with Gasteiger partial charge in [0.05, 0.1) is 29.7 Å². The van der Waals surface area contributed by atoms with Gasteiger partial charge in [-0.25, -0.2) is 17.6 Å². The van der Waals surface area contributed by atoms with Gasteiger partial charge in [0, 0.05) is 113 Å². The molecule has 3 aliphatic rings. The van der Waals surface area contributed by atoms with E-state index in [0.29, 0.717) is 43.7 Å². The summed E-state index contributed by atoms with van der Waals surface area (Å²) in [4.78, 5) is 47.9. The third-order valence-electron chi connectivity index (χ3n) is 11.7. The first-order valence-electron chi connectivity index (χ1n) is 20.4. The molecular formula is C44H47F4N9O5. The highest BCUT2D eigenvalue weighted by atomic mass is 19.1. The molecule has 0 saturated carbocycles. The summed E-state index contributed by atoms with van der Waals surface area (Å²) in [6, 6.07) is 8.90. The number of piperidine rings is 1. The van der Waals surface area contributed by atoms with E-state index in [9.17, 15) is 19.5 Å². The minimum Gasteiger partial charge on any atom is -0.495 e. The Labute approximate surface area is 354 Å². The molecule has 3 amide bonds. The maximum Gasteiger partial charge on any atom is 0.269 e. The van der Waals surface area contributed by atoms with E-state index in [0.717, 1.165) is 12.1 Å². The lowest BCUT2D eigenvalue weighted by molar-refractivity contribution is -0.131. The number of ether oxygens (including phenoxy) is 1. The Kier molecular flexibility index (Phi) is 11.8. The van der Waals surface area contributed by atoms with Gasteiger partial charge in [-0.3, -0.25) is 19.1 Å². The molecular weight excluding hydrogens is 811 g/mol. The Bertz CT molecular complexity index is 2550. The molecule has 0 spiro atoms. The minimum atomic E-state index is -0.933. The molecule has 2 saturated heterocycles. The number of H-pyrrole nitrogens is 1. The molecule has 18 heteroatoms. The summed E-state index contributed by atoms with van der Waals surface area (Å²) in [6.45, 7) is 1.84. The van der Waals surface area contributed by atoms with Gasteiger partial charge < -0.3 is 45.1 Å². The molecule has 62 heavy (non-hydrogen) atoms. The van der Waals surface area contributed by atoms with E-state index >= 15 is 17.6 Å². The highest BCUT2D eigenvalue weighted by Crippen LogP contribution is 2.40. The molecule has 2 fully saturated rings. The molecule has 0 aliphatic carbocycles. The molecule has 2 atom stereocenters. The third kappa shape index (κ3) is 8.38. The topological polar surface area (TPSA) is 151 Å². The molecule has 3 aliphatic heterocycles. The van der Waals surface area contributed by atoms with Crippen LogP contribution in [-0.4, -0.2) is 120 Å². The number of aliphatic hydroxyl groups excluding tert-OH is 1. The van der Waals surface area contributed by atoms with Crippen molar-refractivity contribution in [3.63, 3.8) is 0 Å². The van der Waals surface area contributed by atoms with Crippen LogP contribution in [0.15, 0.2) is 60.9 Å². The van der Waals surface area contributed by atoms with Gasteiger partial charge in [0.1, 0.15) is 41.2 Å². The fourth-order valence-corrected chi connectivity index (χ4v) is 8.38. The first-order valence-corrected chi connectivity index (χ1v) is 20.4. The van der Waals surface area contributed by atoms with E-state index in [1.807, 2.05) is 6.08 Å². The van der Waals surface area contributed by atoms with Gasteiger partial charge in [0.15, 0.2) is 5.82 Å². The Hall–Kier alpha value is -6.56. The zero-order chi connectivity index (χ0) is 43.8. The number of carbonyl (C=O) groups excluding carboxylic acids is 3. The second-order valence-electron chi connectivity index (χ2n) is 15.9. The minimum absolute atomic E-state index is 0.00486. The molecule has 0 radical (unpaired) electrons. The fourth-order valence-electron chi connectivity index (χ4n) is 8.38. The van der Waals surface area contributed by atoms with Crippen LogP contribution in [0.3, 0.4) is 0 Å². The number of rotatable bonds is 11. The molecule has 4 N–H and O–H groups in total. The van der Waals surface area contributed by atoms with E-state index in [1.54, 1.807) is 51.9 Å². The zero-order valence-electron chi connectivity index (χ0n) is 34.5. The number of benzene rings is 3. The van der Waals surface area contributed by atoms with Gasteiger partial charge in [-0.2, -0.15) is 5.10 Å². The molecule has 14 nitrogen and oxygen atoms in total. The zero-order valence-corrected chi connectivity index (χ0v) is 34.5. The second-order valence-corrected chi connectivity index (χ2v) is 15.9. The van der Waals surface area contributed by atoms with Crippen molar-refractivity contribution in [2.75, 3.05) is 75.6 Å². The van der Waals surface area contributed by atoms with Crippen molar-refractivity contribution in [1.82, 2.24) is 29.9 Å². The number of nitrogens with one attached hydrogen (secondary N) is 3. The quantitative estimate of drug-likeness (QED) is 0.129. The van der Waals surface area contributed by atoms with E-state index in [4.69, 9.17) is 4.74 Å². The van der Waals surface area contributed by atoms with Crippen LogP contribution in [0, 0.1) is 23.3 Å². The normalized spacial score (nSPS) is 18.2. The number of aromatic nitrogens is 3. The number of hydrogen-bond acceptors (Lipinski definition) is 9. The number of amides is 3. The number of halogens is 4. The average molecular weight is 858 g/mol. The van der Waals surface area contributed by atoms with Crippen LogP contribution < -0.4 is 25.2 Å². The summed E-state index contributed by atoms with van der Waals surface area (Å²) in [6.07, 6.45) is 5.61. The van der Waals surface area contributed by atoms with E-state index in [-0.39, 0.29) is 95.4 Å². The number of aliphatic hydroxyl groups is 1. The molecule has 5 heterocycles. The van der Waals surface area contributed by atoms with Gasteiger partial charge in [-0.1, -0.05) is 6.08 Å². The Morgan fingerprint density at radius 3 is 2.32 bits per heavy atom. The molecule has 5 aromatic rings. The fraction of sp³-hybridized carbons (Fsp3) is 0.364. The first-order chi connectivity index (χ1) is 29.8. The predicted octanol–water partition coefficient (Wildman–Crippen LogP) is 5.34. The standard InChI is InChI=1S/C44H47F4N9O5/c1-53(2)44(61)35-20-29-27(18-26(41(48)42(29)51-35)25-6-4-11-56(24-25)40(59)9-13-57-12-5-10-49-57)28-19-31(46)36(22-30(28)45)54-14-16-55(17-15-54)37-23-38(62-3)34(21-32(37)47)50-33-7-8-39(58)52-43(33)60/h5-6,10,12,18-23,33,39,50-51,58H,4,7-9,11,13-17,24H2,1-3H3,(H,52,60). The highest BCUT2D eigenvalue weighted by molar-refractivity contribution is 6.04. The van der Waals surface area contributed by atoms with Crippen molar-refractivity contribution in [3.8, 4) is 16.9 Å². The average Bonchev–Trinajstić information content (AvgIpc) is 3.96. The summed E-state index contributed by atoms with van der Waals surface area (Å²) in [5, 5.41) is 19.5. The van der Waals surface area contributed by atoms with Crippen molar-refractivity contribution in [2.24, 2.45) is 0 Å². The monoisotopic (exact) mass is 857 g/mol. The largest absolute Gasteiger partial charge is 0.495 e. The SMILES string of the molecule is COc1cc(N2CCN(c3cc(F)c(-c4cc(C5=CCCN(C(=O)CCn6cccn6)C5)c(F)c5[nH]c(C(=O)N(C)C)cc45)cc3F)CC2)c(F)cc1NC1CCC(O)NC1=O. The number of anilines is 3. The van der Waals surface area contributed by atoms with Crippen molar-refractivity contribution < 1.29 is 41.8 Å². The van der Waals surface area contributed by atoms with Gasteiger partial charge in [0.25, 0.3) is 5.91 Å². The van der Waals surface area contributed by atoms with Crippen LogP contribution in [0.5, 0.6) is 5.75 Å². The van der Waals surface area contributed by atoms with Gasteiger partial charge in [-0.05, 0) is 54.7 Å². The highest BCUT2D eigenvalue weighted by Gasteiger charge is 2.30. The first kappa shape index (κ1) is 42.1. The van der Waals surface area contributed by atoms with Gasteiger partial charge >= 0.3 is 0 Å². The lowest BCUT2D eigenvalue weighted by Crippen LogP contribution is -2.49. The number of carbonyl (C=O) groups is 3. The lowest BCUT2D eigenvalue weighted by Gasteiger charge is -2.38. The number of nitrogens with zero attached hydrogens (tertiary/aromatic N) is 6. The summed E-state index contributed by atoms with van der Waals surface area (Å²) < 4.78 is 72.2. The molecule has 2 unspecified atom stereocenters. The van der Waals surface area contributed by atoms with E-state index in [2.05, 4.69) is 20.7 Å². The lowest BCUT2D eigenvalue weighted by atomic mass is 9.92. The molecule has 0 bridgehead atoms. The number of hydrogen-bond donors (Lipinski definition) is 4. The number of aryl methyl sites for hydroxylation is 1. The Morgan fingerprint density at radius 2 is 1.65 bits per heavy atom. The van der Waals surface area contributed by atoms with Gasteiger partial charge in [0.2, 0.25) is 11.8 Å². The second kappa shape index (κ2) is 17.4. The Balaban J connectivity index is 1.04. The summed E-state index contributed by atoms with van der Waals surface area (Å²) in [5.41, 5.74) is 1.11. The molecule has 8 rings (SSSR count). The number of methoxy groups -OCH3 is 1. The smallest absolute Gasteiger partial charge is 0.269 e. The molecule has 3 aromatic carbocycles. The van der Waals surface area contributed by atoms with Crippen LogP contribution >= 0.6 is 0 Å².